The van der Waals surface area contributed by atoms with Crippen molar-refractivity contribution in [2.24, 2.45) is 0 Å². The molecule has 0 saturated carbocycles. The fraction of sp³-hybridized carbons (Fsp3) is 0.231. The van der Waals surface area contributed by atoms with Gasteiger partial charge in [0.2, 0.25) is 0 Å². The van der Waals surface area contributed by atoms with Crippen LogP contribution in [0.3, 0.4) is 0 Å². The largest absolute Gasteiger partial charge is 0.303 e. The first-order chi connectivity index (χ1) is 7.83. The Balaban J connectivity index is 2.42. The molecular formula is C13H14N2O. The van der Waals surface area contributed by atoms with E-state index in [2.05, 4.69) is 12.0 Å². The SMILES string of the molecule is CC(CC=O)c1ccccc1-n1cccn1. The molecule has 1 aromatic heterocycles. The average Bonchev–Trinajstić information content (AvgIpc) is 2.83. The molecule has 0 radical (unpaired) electrons. The molecule has 16 heavy (non-hydrogen) atoms. The fourth-order valence-corrected chi connectivity index (χ4v) is 1.80. The molecule has 0 spiro atoms. The van der Waals surface area contributed by atoms with Crippen LogP contribution in [0, 0.1) is 0 Å². The minimum atomic E-state index is 0.220. The normalized spacial score (nSPS) is 12.3. The summed E-state index contributed by atoms with van der Waals surface area (Å²) in [5, 5.41) is 4.22. The zero-order valence-corrected chi connectivity index (χ0v) is 9.21. The number of benzene rings is 1. The lowest BCUT2D eigenvalue weighted by Gasteiger charge is -2.13. The number of nitrogens with zero attached hydrogens (tertiary/aromatic N) is 2. The molecule has 0 fully saturated rings. The highest BCUT2D eigenvalue weighted by Crippen LogP contribution is 2.24. The second kappa shape index (κ2) is 4.75. The summed E-state index contributed by atoms with van der Waals surface area (Å²) in [6.45, 7) is 2.05. The van der Waals surface area contributed by atoms with Crippen LogP contribution in [-0.4, -0.2) is 16.1 Å². The Labute approximate surface area is 94.7 Å². The topological polar surface area (TPSA) is 34.9 Å². The third kappa shape index (κ3) is 2.03. The van der Waals surface area contributed by atoms with Crippen molar-refractivity contribution in [3.63, 3.8) is 0 Å². The molecule has 0 amide bonds. The third-order valence-corrected chi connectivity index (χ3v) is 2.67. The molecule has 1 aromatic carbocycles. The van der Waals surface area contributed by atoms with Crippen molar-refractivity contribution in [1.82, 2.24) is 9.78 Å². The Morgan fingerprint density at radius 2 is 2.19 bits per heavy atom. The Morgan fingerprint density at radius 1 is 1.38 bits per heavy atom. The monoisotopic (exact) mass is 214 g/mol. The summed E-state index contributed by atoms with van der Waals surface area (Å²) in [4.78, 5) is 10.6. The van der Waals surface area contributed by atoms with Gasteiger partial charge in [-0.25, -0.2) is 4.68 Å². The second-order valence-corrected chi connectivity index (χ2v) is 3.81. The van der Waals surface area contributed by atoms with E-state index in [1.807, 2.05) is 41.2 Å². The zero-order valence-electron chi connectivity index (χ0n) is 9.21. The van der Waals surface area contributed by atoms with E-state index in [0.717, 1.165) is 17.5 Å². The van der Waals surface area contributed by atoms with Crippen LogP contribution in [0.15, 0.2) is 42.7 Å². The quantitative estimate of drug-likeness (QED) is 0.733. The van der Waals surface area contributed by atoms with Crippen molar-refractivity contribution in [3.05, 3.63) is 48.3 Å². The highest BCUT2D eigenvalue weighted by Gasteiger charge is 2.10. The molecular weight excluding hydrogens is 200 g/mol. The first-order valence-electron chi connectivity index (χ1n) is 5.35. The van der Waals surface area contributed by atoms with E-state index < -0.39 is 0 Å². The lowest BCUT2D eigenvalue weighted by atomic mass is 9.97. The molecule has 1 atom stereocenters. The van der Waals surface area contributed by atoms with Gasteiger partial charge in [-0.05, 0) is 23.6 Å². The Hall–Kier alpha value is -1.90. The summed E-state index contributed by atoms with van der Waals surface area (Å²) in [5.74, 6) is 0.220. The van der Waals surface area contributed by atoms with Gasteiger partial charge in [-0.1, -0.05) is 25.1 Å². The smallest absolute Gasteiger partial charge is 0.120 e. The standard InChI is InChI=1S/C13H14N2O/c1-11(7-10-16)12-5-2-3-6-13(12)15-9-4-8-14-15/h2-6,8-11H,7H2,1H3. The van der Waals surface area contributed by atoms with Gasteiger partial charge in [0.15, 0.2) is 0 Å². The summed E-state index contributed by atoms with van der Waals surface area (Å²) in [6.07, 6.45) is 5.16. The van der Waals surface area contributed by atoms with Gasteiger partial charge in [0.05, 0.1) is 5.69 Å². The maximum absolute atomic E-state index is 10.6. The van der Waals surface area contributed by atoms with Crippen LogP contribution in [-0.2, 0) is 4.79 Å². The lowest BCUT2D eigenvalue weighted by Crippen LogP contribution is -2.03. The van der Waals surface area contributed by atoms with Crippen molar-refractivity contribution >= 4 is 6.29 Å². The van der Waals surface area contributed by atoms with Gasteiger partial charge in [-0.2, -0.15) is 5.10 Å². The molecule has 3 nitrogen and oxygen atoms in total. The van der Waals surface area contributed by atoms with Crippen LogP contribution in [0.4, 0.5) is 0 Å². The number of carbonyl (C=O) groups excluding carboxylic acids is 1. The van der Waals surface area contributed by atoms with Gasteiger partial charge in [-0.3, -0.25) is 0 Å². The van der Waals surface area contributed by atoms with Gasteiger partial charge in [0.25, 0.3) is 0 Å². The third-order valence-electron chi connectivity index (χ3n) is 2.67. The van der Waals surface area contributed by atoms with Crippen molar-refractivity contribution in [1.29, 1.82) is 0 Å². The predicted octanol–water partition coefficient (Wildman–Crippen LogP) is 2.56. The van der Waals surface area contributed by atoms with Crippen molar-refractivity contribution in [2.75, 3.05) is 0 Å². The van der Waals surface area contributed by atoms with E-state index in [4.69, 9.17) is 0 Å². The molecule has 82 valence electrons. The van der Waals surface area contributed by atoms with E-state index >= 15 is 0 Å². The van der Waals surface area contributed by atoms with Gasteiger partial charge >= 0.3 is 0 Å². The Bertz CT molecular complexity index is 463. The highest BCUT2D eigenvalue weighted by atomic mass is 16.1. The molecule has 2 aromatic rings. The molecule has 0 N–H and O–H groups in total. The average molecular weight is 214 g/mol. The Kier molecular flexibility index (Phi) is 3.15. The summed E-state index contributed by atoms with van der Waals surface area (Å²) in [7, 11) is 0. The molecule has 0 aliphatic heterocycles. The van der Waals surface area contributed by atoms with Crippen LogP contribution >= 0.6 is 0 Å². The maximum Gasteiger partial charge on any atom is 0.120 e. The molecule has 1 unspecified atom stereocenters. The van der Waals surface area contributed by atoms with E-state index in [-0.39, 0.29) is 5.92 Å². The van der Waals surface area contributed by atoms with Gasteiger partial charge in [0, 0.05) is 18.8 Å². The number of carbonyl (C=O) groups is 1. The number of para-hydroxylation sites is 1. The number of rotatable bonds is 4. The minimum Gasteiger partial charge on any atom is -0.303 e. The van der Waals surface area contributed by atoms with Crippen molar-refractivity contribution < 1.29 is 4.79 Å². The lowest BCUT2D eigenvalue weighted by molar-refractivity contribution is -0.108. The van der Waals surface area contributed by atoms with Crippen LogP contribution in [0.5, 0.6) is 0 Å². The van der Waals surface area contributed by atoms with Crippen LogP contribution < -0.4 is 0 Å². The number of aldehydes is 1. The molecule has 0 saturated heterocycles. The van der Waals surface area contributed by atoms with E-state index in [1.54, 1.807) is 6.20 Å². The van der Waals surface area contributed by atoms with Gasteiger partial charge in [-0.15, -0.1) is 0 Å². The molecule has 2 rings (SSSR count). The Morgan fingerprint density at radius 3 is 2.88 bits per heavy atom. The zero-order chi connectivity index (χ0) is 11.4. The van der Waals surface area contributed by atoms with E-state index in [0.29, 0.717) is 6.42 Å². The maximum atomic E-state index is 10.6. The number of hydrogen-bond donors (Lipinski definition) is 0. The van der Waals surface area contributed by atoms with E-state index in [1.165, 1.54) is 0 Å². The summed E-state index contributed by atoms with van der Waals surface area (Å²) < 4.78 is 1.83. The predicted molar refractivity (Wildman–Crippen MR) is 62.7 cm³/mol. The first kappa shape index (κ1) is 10.6. The second-order valence-electron chi connectivity index (χ2n) is 3.81. The van der Waals surface area contributed by atoms with Crippen LogP contribution in [0.1, 0.15) is 24.8 Å². The van der Waals surface area contributed by atoms with Crippen molar-refractivity contribution in [2.45, 2.75) is 19.3 Å². The fourth-order valence-electron chi connectivity index (χ4n) is 1.80. The van der Waals surface area contributed by atoms with Crippen LogP contribution in [0.2, 0.25) is 0 Å². The summed E-state index contributed by atoms with van der Waals surface area (Å²) in [5.41, 5.74) is 2.19. The van der Waals surface area contributed by atoms with Crippen molar-refractivity contribution in [3.8, 4) is 5.69 Å². The number of aromatic nitrogens is 2. The van der Waals surface area contributed by atoms with Gasteiger partial charge in [0.1, 0.15) is 6.29 Å². The molecule has 0 aliphatic carbocycles. The molecule has 3 heteroatoms. The number of hydrogen-bond acceptors (Lipinski definition) is 2. The first-order valence-corrected chi connectivity index (χ1v) is 5.35. The molecule has 1 heterocycles. The highest BCUT2D eigenvalue weighted by molar-refractivity contribution is 5.53. The summed E-state index contributed by atoms with van der Waals surface area (Å²) >= 11 is 0. The van der Waals surface area contributed by atoms with Gasteiger partial charge < -0.3 is 4.79 Å². The molecule has 0 bridgehead atoms. The van der Waals surface area contributed by atoms with E-state index in [9.17, 15) is 4.79 Å². The van der Waals surface area contributed by atoms with Crippen LogP contribution in [0.25, 0.3) is 5.69 Å². The minimum absolute atomic E-state index is 0.220. The molecule has 0 aliphatic rings. The summed E-state index contributed by atoms with van der Waals surface area (Å²) in [6, 6.07) is 9.92.